The maximum atomic E-state index is 14.2. The molecule has 0 aromatic heterocycles. The van der Waals surface area contributed by atoms with Gasteiger partial charge in [0.2, 0.25) is 0 Å². The Hall–Kier alpha value is -0.520. The van der Waals surface area contributed by atoms with Crippen LogP contribution < -0.4 is 0 Å². The number of hydrogen-bond acceptors (Lipinski definition) is 0. The van der Waals surface area contributed by atoms with Crippen molar-refractivity contribution in [2.75, 3.05) is 0 Å². The number of hydrogen-bond donors (Lipinski definition) is 0. The van der Waals surface area contributed by atoms with Gasteiger partial charge >= 0.3 is 17.8 Å². The highest BCUT2D eigenvalue weighted by molar-refractivity contribution is 14.1. The van der Waals surface area contributed by atoms with E-state index in [9.17, 15) is 26.3 Å². The second-order valence-corrected chi connectivity index (χ2v) is 7.24. The first-order valence-corrected chi connectivity index (χ1v) is 8.31. The standard InChI is InChI=1S/C15H8F6I2/c16-13(17,9-3-1-5-11(22)7-9)15(20,21)14(18,19)10-4-2-6-12(23)8-10/h1-8H. The van der Waals surface area contributed by atoms with E-state index in [1.54, 1.807) is 45.2 Å². The second kappa shape index (κ2) is 6.41. The molecule has 0 aliphatic rings. The van der Waals surface area contributed by atoms with Crippen LogP contribution in [0.25, 0.3) is 0 Å². The first-order valence-electron chi connectivity index (χ1n) is 6.15. The predicted molar refractivity (Wildman–Crippen MR) is 91.1 cm³/mol. The monoisotopic (exact) mass is 556 g/mol. The van der Waals surface area contributed by atoms with Crippen molar-refractivity contribution in [2.45, 2.75) is 17.8 Å². The smallest absolute Gasteiger partial charge is 0.194 e. The van der Waals surface area contributed by atoms with Crippen LogP contribution in [0.3, 0.4) is 0 Å². The summed E-state index contributed by atoms with van der Waals surface area (Å²) < 4.78 is 85.3. The maximum Gasteiger partial charge on any atom is 0.380 e. The zero-order valence-corrected chi connectivity index (χ0v) is 15.5. The summed E-state index contributed by atoms with van der Waals surface area (Å²) in [5, 5.41) is 0. The zero-order chi connectivity index (χ0) is 17.5. The normalized spacial score (nSPS) is 13.2. The van der Waals surface area contributed by atoms with Crippen LogP contribution in [-0.2, 0) is 11.8 Å². The molecule has 8 heteroatoms. The van der Waals surface area contributed by atoms with E-state index in [1.165, 1.54) is 12.1 Å². The van der Waals surface area contributed by atoms with Gasteiger partial charge in [0.05, 0.1) is 0 Å². The summed E-state index contributed by atoms with van der Waals surface area (Å²) in [6.45, 7) is 0. The van der Waals surface area contributed by atoms with Crippen LogP contribution >= 0.6 is 45.2 Å². The zero-order valence-electron chi connectivity index (χ0n) is 11.1. The summed E-state index contributed by atoms with van der Waals surface area (Å²) in [6.07, 6.45) is 0. The molecule has 124 valence electrons. The van der Waals surface area contributed by atoms with Gasteiger partial charge in [-0.05, 0) is 69.4 Å². The first kappa shape index (κ1) is 18.8. The van der Waals surface area contributed by atoms with E-state index < -0.39 is 28.9 Å². The van der Waals surface area contributed by atoms with Gasteiger partial charge in [-0.1, -0.05) is 24.3 Å². The lowest BCUT2D eigenvalue weighted by atomic mass is 9.93. The number of halogens is 8. The van der Waals surface area contributed by atoms with Gasteiger partial charge in [-0.3, -0.25) is 0 Å². The Labute approximate surface area is 155 Å². The highest BCUT2D eigenvalue weighted by Gasteiger charge is 2.72. The molecule has 2 rings (SSSR count). The van der Waals surface area contributed by atoms with E-state index in [-0.39, 0.29) is 7.14 Å². The van der Waals surface area contributed by atoms with Crippen molar-refractivity contribution in [1.82, 2.24) is 0 Å². The molecule has 0 heterocycles. The van der Waals surface area contributed by atoms with Gasteiger partial charge < -0.3 is 0 Å². The van der Waals surface area contributed by atoms with Crippen molar-refractivity contribution in [3.8, 4) is 0 Å². The van der Waals surface area contributed by atoms with Crippen LogP contribution in [0.4, 0.5) is 26.3 Å². The number of benzene rings is 2. The van der Waals surface area contributed by atoms with Crippen molar-refractivity contribution in [3.63, 3.8) is 0 Å². The van der Waals surface area contributed by atoms with Crippen LogP contribution in [-0.4, -0.2) is 5.92 Å². The fourth-order valence-electron chi connectivity index (χ4n) is 1.93. The lowest BCUT2D eigenvalue weighted by Crippen LogP contribution is -2.50. The van der Waals surface area contributed by atoms with Gasteiger partial charge in [0.15, 0.2) is 0 Å². The molecule has 0 aliphatic heterocycles. The van der Waals surface area contributed by atoms with Gasteiger partial charge in [-0.15, -0.1) is 0 Å². The van der Waals surface area contributed by atoms with Crippen LogP contribution in [0.1, 0.15) is 11.1 Å². The molecule has 0 N–H and O–H groups in total. The summed E-state index contributed by atoms with van der Waals surface area (Å²) >= 11 is 3.29. The molecule has 0 spiro atoms. The molecule has 0 radical (unpaired) electrons. The Morgan fingerprint density at radius 1 is 0.609 bits per heavy atom. The van der Waals surface area contributed by atoms with Crippen LogP contribution in [0.2, 0.25) is 0 Å². The van der Waals surface area contributed by atoms with Crippen molar-refractivity contribution in [2.24, 2.45) is 0 Å². The molecule has 0 atom stereocenters. The quantitative estimate of drug-likeness (QED) is 0.302. The lowest BCUT2D eigenvalue weighted by molar-refractivity contribution is -0.321. The molecule has 2 aromatic carbocycles. The summed E-state index contributed by atoms with van der Waals surface area (Å²) in [6, 6.07) is 7.97. The summed E-state index contributed by atoms with van der Waals surface area (Å²) in [5.74, 6) is -15.6. The summed E-state index contributed by atoms with van der Waals surface area (Å²) in [7, 11) is 0. The Morgan fingerprint density at radius 2 is 0.957 bits per heavy atom. The average molecular weight is 556 g/mol. The summed E-state index contributed by atoms with van der Waals surface area (Å²) in [4.78, 5) is 0. The molecule has 0 nitrogen and oxygen atoms in total. The van der Waals surface area contributed by atoms with Crippen LogP contribution in [0, 0.1) is 7.14 Å². The van der Waals surface area contributed by atoms with E-state index in [1.807, 2.05) is 0 Å². The fourth-order valence-corrected chi connectivity index (χ4v) is 3.01. The van der Waals surface area contributed by atoms with E-state index >= 15 is 0 Å². The van der Waals surface area contributed by atoms with Crippen LogP contribution in [0.5, 0.6) is 0 Å². The van der Waals surface area contributed by atoms with Gasteiger partial charge in [-0.2, -0.15) is 26.3 Å². The van der Waals surface area contributed by atoms with Crippen molar-refractivity contribution in [3.05, 3.63) is 66.8 Å². The largest absolute Gasteiger partial charge is 0.380 e. The van der Waals surface area contributed by atoms with E-state index in [0.29, 0.717) is 12.1 Å². The van der Waals surface area contributed by atoms with E-state index in [0.717, 1.165) is 24.3 Å². The van der Waals surface area contributed by atoms with Gasteiger partial charge in [-0.25, -0.2) is 0 Å². The second-order valence-electron chi connectivity index (χ2n) is 4.74. The van der Waals surface area contributed by atoms with E-state index in [4.69, 9.17) is 0 Å². The fraction of sp³-hybridized carbons (Fsp3) is 0.200. The molecular formula is C15H8F6I2. The molecule has 0 saturated carbocycles. The topological polar surface area (TPSA) is 0 Å². The third-order valence-electron chi connectivity index (χ3n) is 3.16. The van der Waals surface area contributed by atoms with Crippen LogP contribution in [0.15, 0.2) is 48.5 Å². The van der Waals surface area contributed by atoms with Crippen molar-refractivity contribution >= 4 is 45.2 Å². The first-order chi connectivity index (χ1) is 10.5. The third-order valence-corrected chi connectivity index (χ3v) is 4.51. The highest BCUT2D eigenvalue weighted by Crippen LogP contribution is 2.55. The number of rotatable bonds is 4. The van der Waals surface area contributed by atoms with E-state index in [2.05, 4.69) is 0 Å². The molecule has 0 fully saturated rings. The van der Waals surface area contributed by atoms with Gasteiger partial charge in [0, 0.05) is 18.3 Å². The average Bonchev–Trinajstić information content (AvgIpc) is 2.46. The molecule has 0 saturated heterocycles. The lowest BCUT2D eigenvalue weighted by Gasteiger charge is -2.33. The molecule has 23 heavy (non-hydrogen) atoms. The highest BCUT2D eigenvalue weighted by atomic mass is 127. The molecule has 0 bridgehead atoms. The Morgan fingerprint density at radius 3 is 1.26 bits per heavy atom. The molecule has 0 unspecified atom stereocenters. The number of alkyl halides is 6. The predicted octanol–water partition coefficient (Wildman–Crippen LogP) is 6.41. The van der Waals surface area contributed by atoms with Gasteiger partial charge in [0.1, 0.15) is 0 Å². The minimum absolute atomic E-state index is 0.244. The molecule has 0 aliphatic carbocycles. The Bertz CT molecular complexity index is 655. The van der Waals surface area contributed by atoms with Crippen molar-refractivity contribution in [1.29, 1.82) is 0 Å². The Kier molecular flexibility index (Phi) is 5.25. The minimum Gasteiger partial charge on any atom is -0.194 e. The summed E-state index contributed by atoms with van der Waals surface area (Å²) in [5.41, 5.74) is -2.31. The van der Waals surface area contributed by atoms with Gasteiger partial charge in [0.25, 0.3) is 0 Å². The molecular weight excluding hydrogens is 548 g/mol. The SMILES string of the molecule is FC(F)(c1cccc(I)c1)C(F)(F)C(F)(F)c1cccc(I)c1. The Balaban J connectivity index is 2.54. The molecule has 0 amide bonds. The minimum atomic E-state index is -5.59. The maximum absolute atomic E-state index is 14.2. The molecule has 2 aromatic rings. The van der Waals surface area contributed by atoms with Crippen molar-refractivity contribution < 1.29 is 26.3 Å². The third kappa shape index (κ3) is 3.33.